The van der Waals surface area contributed by atoms with Crippen molar-refractivity contribution in [1.82, 2.24) is 10.2 Å². The normalized spacial score (nSPS) is 21.3. The zero-order chi connectivity index (χ0) is 18.5. The van der Waals surface area contributed by atoms with Gasteiger partial charge in [-0.15, -0.1) is 0 Å². The molecule has 0 unspecified atom stereocenters. The van der Waals surface area contributed by atoms with Crippen molar-refractivity contribution in [3.05, 3.63) is 57.6 Å². The molecule has 6 nitrogen and oxygen atoms in total. The molecule has 1 atom stereocenters. The third-order valence-electron chi connectivity index (χ3n) is 4.57. The summed E-state index contributed by atoms with van der Waals surface area (Å²) in [5.74, 6) is 0.788. The molecule has 0 aliphatic carbocycles. The molecule has 26 heavy (non-hydrogen) atoms. The van der Waals surface area contributed by atoms with Crippen LogP contribution in [0.3, 0.4) is 0 Å². The van der Waals surface area contributed by atoms with Crippen molar-refractivity contribution in [2.45, 2.75) is 19.0 Å². The van der Waals surface area contributed by atoms with Crippen LogP contribution in [0.1, 0.15) is 18.1 Å². The molecule has 2 heterocycles. The van der Waals surface area contributed by atoms with E-state index in [0.717, 1.165) is 4.90 Å². The lowest BCUT2D eigenvalue weighted by Crippen LogP contribution is -2.40. The largest absolute Gasteiger partial charge is 0.454 e. The highest BCUT2D eigenvalue weighted by atomic mass is 35.5. The number of rotatable bonds is 3. The van der Waals surface area contributed by atoms with Gasteiger partial charge in [-0.1, -0.05) is 35.3 Å². The molecule has 1 fully saturated rings. The minimum Gasteiger partial charge on any atom is -0.454 e. The average molecular weight is 393 g/mol. The molecule has 0 aromatic heterocycles. The molecule has 134 valence electrons. The van der Waals surface area contributed by atoms with Crippen LogP contribution in [0.15, 0.2) is 36.4 Å². The molecule has 1 N–H and O–H groups in total. The Labute approximate surface area is 159 Å². The summed E-state index contributed by atoms with van der Waals surface area (Å²) < 4.78 is 10.7. The molecular formula is C18H14Cl2N2O4. The molecule has 0 radical (unpaired) electrons. The number of hydrogen-bond acceptors (Lipinski definition) is 4. The van der Waals surface area contributed by atoms with Crippen molar-refractivity contribution in [1.29, 1.82) is 0 Å². The first kappa shape index (κ1) is 17.0. The maximum Gasteiger partial charge on any atom is 0.325 e. The molecule has 2 aromatic rings. The van der Waals surface area contributed by atoms with E-state index < -0.39 is 11.6 Å². The number of hydrogen-bond donors (Lipinski definition) is 1. The number of imide groups is 1. The van der Waals surface area contributed by atoms with Crippen LogP contribution in [0.4, 0.5) is 4.79 Å². The summed E-state index contributed by atoms with van der Waals surface area (Å²) in [4.78, 5) is 26.6. The van der Waals surface area contributed by atoms with E-state index in [1.54, 1.807) is 43.3 Å². The van der Waals surface area contributed by atoms with Gasteiger partial charge in [0.2, 0.25) is 6.79 Å². The highest BCUT2D eigenvalue weighted by Crippen LogP contribution is 2.38. The van der Waals surface area contributed by atoms with Crippen LogP contribution in [0.25, 0.3) is 0 Å². The minimum absolute atomic E-state index is 0.0564. The highest BCUT2D eigenvalue weighted by molar-refractivity contribution is 6.35. The first-order valence-corrected chi connectivity index (χ1v) is 8.62. The number of carbonyl (C=O) groups is 2. The number of halogens is 2. The summed E-state index contributed by atoms with van der Waals surface area (Å²) in [5.41, 5.74) is 0.0519. The van der Waals surface area contributed by atoms with E-state index in [9.17, 15) is 9.59 Å². The highest BCUT2D eigenvalue weighted by Gasteiger charge is 2.49. The van der Waals surface area contributed by atoms with Crippen molar-refractivity contribution in [3.8, 4) is 11.5 Å². The Morgan fingerprint density at radius 3 is 2.65 bits per heavy atom. The summed E-state index contributed by atoms with van der Waals surface area (Å²) in [6.07, 6.45) is 0. The van der Waals surface area contributed by atoms with Crippen molar-refractivity contribution >= 4 is 35.1 Å². The van der Waals surface area contributed by atoms with Crippen LogP contribution >= 0.6 is 23.2 Å². The fourth-order valence-electron chi connectivity index (χ4n) is 3.06. The van der Waals surface area contributed by atoms with E-state index in [0.29, 0.717) is 32.7 Å². The van der Waals surface area contributed by atoms with Gasteiger partial charge in [-0.05, 0) is 42.3 Å². The van der Waals surface area contributed by atoms with Gasteiger partial charge in [-0.2, -0.15) is 0 Å². The van der Waals surface area contributed by atoms with E-state index in [-0.39, 0.29) is 19.2 Å². The Kier molecular flexibility index (Phi) is 3.97. The summed E-state index contributed by atoms with van der Waals surface area (Å²) >= 11 is 12.1. The molecule has 1 saturated heterocycles. The van der Waals surface area contributed by atoms with Crippen LogP contribution in [-0.2, 0) is 16.9 Å². The standard InChI is InChI=1S/C18H14Cl2N2O4/c1-18(11-3-5-14-15(6-11)26-9-25-14)16(23)22(17(24)21-18)8-10-2-4-12(19)7-13(10)20/h2-7H,8-9H2,1H3,(H,21,24)/t18-/m1/s1. The Morgan fingerprint density at radius 1 is 1.12 bits per heavy atom. The quantitative estimate of drug-likeness (QED) is 0.808. The Balaban J connectivity index is 1.64. The second kappa shape index (κ2) is 6.07. The molecule has 8 heteroatoms. The fraction of sp³-hybridized carbons (Fsp3) is 0.222. The van der Waals surface area contributed by atoms with Crippen LogP contribution in [0.5, 0.6) is 11.5 Å². The van der Waals surface area contributed by atoms with E-state index in [1.807, 2.05) is 0 Å². The van der Waals surface area contributed by atoms with Crippen LogP contribution in [-0.4, -0.2) is 23.6 Å². The van der Waals surface area contributed by atoms with Crippen molar-refractivity contribution in [3.63, 3.8) is 0 Å². The van der Waals surface area contributed by atoms with E-state index in [1.165, 1.54) is 0 Å². The van der Waals surface area contributed by atoms with Gasteiger partial charge in [0.05, 0.1) is 6.54 Å². The third kappa shape index (κ3) is 2.66. The molecule has 2 aliphatic rings. The fourth-order valence-corrected chi connectivity index (χ4v) is 3.53. The average Bonchev–Trinajstić information content (AvgIpc) is 3.15. The topological polar surface area (TPSA) is 67.9 Å². The van der Waals surface area contributed by atoms with Crippen LogP contribution in [0.2, 0.25) is 10.0 Å². The number of benzene rings is 2. The second-order valence-electron chi connectivity index (χ2n) is 6.25. The number of urea groups is 1. The summed E-state index contributed by atoms with van der Waals surface area (Å²) in [6, 6.07) is 9.62. The SMILES string of the molecule is C[C@]1(c2ccc3c(c2)OCO3)NC(=O)N(Cc2ccc(Cl)cc2Cl)C1=O. The molecule has 0 saturated carbocycles. The molecule has 0 bridgehead atoms. The lowest BCUT2D eigenvalue weighted by atomic mass is 9.91. The van der Waals surface area contributed by atoms with Crippen LogP contribution < -0.4 is 14.8 Å². The predicted octanol–water partition coefficient (Wildman–Crippen LogP) is 3.69. The van der Waals surface area contributed by atoms with Gasteiger partial charge in [-0.3, -0.25) is 9.69 Å². The van der Waals surface area contributed by atoms with Gasteiger partial charge in [0, 0.05) is 10.0 Å². The van der Waals surface area contributed by atoms with Gasteiger partial charge >= 0.3 is 6.03 Å². The number of carbonyl (C=O) groups excluding carboxylic acids is 2. The second-order valence-corrected chi connectivity index (χ2v) is 7.09. The van der Waals surface area contributed by atoms with E-state index >= 15 is 0 Å². The van der Waals surface area contributed by atoms with Crippen molar-refractivity contribution < 1.29 is 19.1 Å². The first-order chi connectivity index (χ1) is 12.4. The smallest absolute Gasteiger partial charge is 0.325 e. The number of nitrogens with zero attached hydrogens (tertiary/aromatic N) is 1. The Hall–Kier alpha value is -2.44. The predicted molar refractivity (Wildman–Crippen MR) is 95.5 cm³/mol. The summed E-state index contributed by atoms with van der Waals surface area (Å²) in [5, 5.41) is 3.65. The van der Waals surface area contributed by atoms with E-state index in [2.05, 4.69) is 5.32 Å². The first-order valence-electron chi connectivity index (χ1n) is 7.86. The van der Waals surface area contributed by atoms with Gasteiger partial charge < -0.3 is 14.8 Å². The molecule has 0 spiro atoms. The molecule has 3 amide bonds. The number of amides is 3. The van der Waals surface area contributed by atoms with Crippen molar-refractivity contribution in [2.24, 2.45) is 0 Å². The Morgan fingerprint density at radius 2 is 1.88 bits per heavy atom. The maximum absolute atomic E-state index is 13.0. The number of ether oxygens (including phenoxy) is 2. The molecule has 2 aliphatic heterocycles. The summed E-state index contributed by atoms with van der Waals surface area (Å²) in [6.45, 7) is 1.85. The van der Waals surface area contributed by atoms with Gasteiger partial charge in [0.15, 0.2) is 11.5 Å². The van der Waals surface area contributed by atoms with Gasteiger partial charge in [0.1, 0.15) is 5.54 Å². The monoisotopic (exact) mass is 392 g/mol. The van der Waals surface area contributed by atoms with Gasteiger partial charge in [-0.25, -0.2) is 4.79 Å². The lowest BCUT2D eigenvalue weighted by molar-refractivity contribution is -0.131. The van der Waals surface area contributed by atoms with E-state index in [4.69, 9.17) is 32.7 Å². The number of nitrogens with one attached hydrogen (secondary N) is 1. The zero-order valence-corrected chi connectivity index (χ0v) is 15.2. The van der Waals surface area contributed by atoms with Crippen LogP contribution in [0, 0.1) is 0 Å². The molecule has 4 rings (SSSR count). The Bertz CT molecular complexity index is 933. The zero-order valence-electron chi connectivity index (χ0n) is 13.7. The lowest BCUT2D eigenvalue weighted by Gasteiger charge is -2.22. The van der Waals surface area contributed by atoms with Crippen molar-refractivity contribution in [2.75, 3.05) is 6.79 Å². The summed E-state index contributed by atoms with van der Waals surface area (Å²) in [7, 11) is 0. The minimum atomic E-state index is -1.20. The third-order valence-corrected chi connectivity index (χ3v) is 5.16. The molecule has 2 aromatic carbocycles. The molecular weight excluding hydrogens is 379 g/mol. The van der Waals surface area contributed by atoms with Gasteiger partial charge in [0.25, 0.3) is 5.91 Å². The number of fused-ring (bicyclic) bond motifs is 1. The maximum atomic E-state index is 13.0.